The maximum Gasteiger partial charge on any atom is 0.416 e. The third-order valence-corrected chi connectivity index (χ3v) is 5.57. The minimum atomic E-state index is -4.62. The number of amides is 1. The van der Waals surface area contributed by atoms with Gasteiger partial charge >= 0.3 is 6.18 Å². The number of hydrogen-bond donors (Lipinski definition) is 1. The van der Waals surface area contributed by atoms with E-state index in [0.29, 0.717) is 5.56 Å². The van der Waals surface area contributed by atoms with E-state index >= 15 is 0 Å². The molecule has 29 heavy (non-hydrogen) atoms. The molecule has 1 amide bonds. The van der Waals surface area contributed by atoms with E-state index in [9.17, 15) is 26.4 Å². The van der Waals surface area contributed by atoms with Crippen molar-refractivity contribution in [2.24, 2.45) is 0 Å². The average molecular weight is 440 g/mol. The third kappa shape index (κ3) is 4.78. The number of nitrogens with one attached hydrogen (secondary N) is 1. The van der Waals surface area contributed by atoms with Crippen molar-refractivity contribution in [1.29, 1.82) is 0 Å². The van der Waals surface area contributed by atoms with Crippen LogP contribution in [0.4, 0.5) is 13.2 Å². The highest BCUT2D eigenvalue weighted by molar-refractivity contribution is 7.90. The molecule has 1 N–H and O–H groups in total. The Morgan fingerprint density at radius 2 is 1.59 bits per heavy atom. The van der Waals surface area contributed by atoms with Crippen LogP contribution in [0.2, 0.25) is 5.02 Å². The van der Waals surface area contributed by atoms with Crippen LogP contribution < -0.4 is 4.72 Å². The summed E-state index contributed by atoms with van der Waals surface area (Å²) in [6.07, 6.45) is -4.62. The van der Waals surface area contributed by atoms with Crippen molar-refractivity contribution in [1.82, 2.24) is 4.72 Å². The molecule has 150 valence electrons. The van der Waals surface area contributed by atoms with Crippen molar-refractivity contribution in [3.8, 4) is 11.1 Å². The highest BCUT2D eigenvalue weighted by atomic mass is 35.5. The summed E-state index contributed by atoms with van der Waals surface area (Å²) in [5.41, 5.74) is -0.872. The fraction of sp³-hybridized carbons (Fsp3) is 0.0500. The average Bonchev–Trinajstić information content (AvgIpc) is 2.67. The monoisotopic (exact) mass is 439 g/mol. The lowest BCUT2D eigenvalue weighted by atomic mass is 9.96. The number of sulfonamides is 1. The minimum absolute atomic E-state index is 0.0424. The van der Waals surface area contributed by atoms with Crippen LogP contribution >= 0.6 is 11.6 Å². The zero-order valence-electron chi connectivity index (χ0n) is 14.6. The highest BCUT2D eigenvalue weighted by Gasteiger charge is 2.32. The molecule has 0 aliphatic carbocycles. The lowest BCUT2D eigenvalue weighted by Gasteiger charge is -2.14. The van der Waals surface area contributed by atoms with Crippen LogP contribution in [0.3, 0.4) is 0 Å². The van der Waals surface area contributed by atoms with Gasteiger partial charge in [-0.3, -0.25) is 4.79 Å². The number of benzene rings is 3. The molecule has 3 aromatic rings. The fourth-order valence-electron chi connectivity index (χ4n) is 2.65. The predicted molar refractivity (Wildman–Crippen MR) is 103 cm³/mol. The van der Waals surface area contributed by atoms with Crippen molar-refractivity contribution in [3.05, 3.63) is 88.9 Å². The Morgan fingerprint density at radius 1 is 0.897 bits per heavy atom. The van der Waals surface area contributed by atoms with Crippen LogP contribution in [0.5, 0.6) is 0 Å². The second-order valence-corrected chi connectivity index (χ2v) is 8.13. The molecule has 0 bridgehead atoms. The third-order valence-electron chi connectivity index (χ3n) is 4.01. The Morgan fingerprint density at radius 3 is 2.21 bits per heavy atom. The zero-order chi connectivity index (χ0) is 21.2. The van der Waals surface area contributed by atoms with Crippen molar-refractivity contribution >= 4 is 27.5 Å². The number of alkyl halides is 3. The van der Waals surface area contributed by atoms with Gasteiger partial charge in [0.2, 0.25) is 0 Å². The smallest absolute Gasteiger partial charge is 0.268 e. The van der Waals surface area contributed by atoms with Crippen molar-refractivity contribution in [3.63, 3.8) is 0 Å². The van der Waals surface area contributed by atoms with Gasteiger partial charge in [0.05, 0.1) is 10.5 Å². The quantitative estimate of drug-likeness (QED) is 0.612. The van der Waals surface area contributed by atoms with E-state index < -0.39 is 27.7 Å². The molecule has 0 unspecified atom stereocenters. The number of carbonyl (C=O) groups excluding carboxylic acids is 1. The van der Waals surface area contributed by atoms with E-state index in [2.05, 4.69) is 0 Å². The van der Waals surface area contributed by atoms with Gasteiger partial charge in [-0.15, -0.1) is 0 Å². The second kappa shape index (κ2) is 7.88. The second-order valence-electron chi connectivity index (χ2n) is 6.02. The summed E-state index contributed by atoms with van der Waals surface area (Å²) >= 11 is 5.79. The van der Waals surface area contributed by atoms with E-state index in [4.69, 9.17) is 11.6 Å². The first-order chi connectivity index (χ1) is 13.6. The van der Waals surface area contributed by atoms with Crippen molar-refractivity contribution < 1.29 is 26.4 Å². The Bertz CT molecular complexity index is 1160. The number of hydrogen-bond acceptors (Lipinski definition) is 3. The van der Waals surface area contributed by atoms with Crippen molar-refractivity contribution in [2.75, 3.05) is 0 Å². The van der Waals surface area contributed by atoms with Crippen LogP contribution in [-0.4, -0.2) is 14.3 Å². The van der Waals surface area contributed by atoms with Gasteiger partial charge in [-0.25, -0.2) is 13.1 Å². The van der Waals surface area contributed by atoms with E-state index in [-0.39, 0.29) is 21.0 Å². The standard InChI is InChI=1S/C20H13ClF3NO3S/c21-15-7-4-8-16(12-15)29(27,28)25-19(26)17-10-9-14(20(22,23)24)11-18(17)13-5-2-1-3-6-13/h1-12H,(H,25,26). The van der Waals surface area contributed by atoms with E-state index in [0.717, 1.165) is 24.3 Å². The maximum absolute atomic E-state index is 13.1. The molecule has 4 nitrogen and oxygen atoms in total. The Hall–Kier alpha value is -2.84. The zero-order valence-corrected chi connectivity index (χ0v) is 16.1. The van der Waals surface area contributed by atoms with Gasteiger partial charge < -0.3 is 0 Å². The summed E-state index contributed by atoms with van der Waals surface area (Å²) < 4.78 is 66.2. The summed E-state index contributed by atoms with van der Waals surface area (Å²) in [6, 6.07) is 15.7. The van der Waals surface area contributed by atoms with E-state index in [1.54, 1.807) is 18.2 Å². The molecule has 0 radical (unpaired) electrons. The molecule has 0 saturated carbocycles. The van der Waals surface area contributed by atoms with Gasteiger partial charge in [0, 0.05) is 10.6 Å². The molecule has 0 saturated heterocycles. The number of carbonyl (C=O) groups is 1. The molecule has 3 aromatic carbocycles. The van der Waals surface area contributed by atoms with Crippen LogP contribution in [-0.2, 0) is 16.2 Å². The molecule has 0 aliphatic rings. The molecule has 0 fully saturated rings. The molecular formula is C20H13ClF3NO3S. The molecular weight excluding hydrogens is 427 g/mol. The first-order valence-electron chi connectivity index (χ1n) is 8.17. The summed E-state index contributed by atoms with van der Waals surface area (Å²) in [7, 11) is -4.27. The van der Waals surface area contributed by atoms with Crippen LogP contribution in [0.25, 0.3) is 11.1 Å². The van der Waals surface area contributed by atoms with Crippen LogP contribution in [0, 0.1) is 0 Å². The summed E-state index contributed by atoms with van der Waals surface area (Å²) in [4.78, 5) is 12.4. The van der Waals surface area contributed by atoms with Crippen LogP contribution in [0.1, 0.15) is 15.9 Å². The molecule has 0 spiro atoms. The Balaban J connectivity index is 2.04. The maximum atomic E-state index is 13.1. The van der Waals surface area contributed by atoms with Gasteiger partial charge in [0.1, 0.15) is 0 Å². The Kier molecular flexibility index (Phi) is 5.68. The van der Waals surface area contributed by atoms with E-state index in [1.165, 1.54) is 30.3 Å². The molecule has 0 aliphatic heterocycles. The minimum Gasteiger partial charge on any atom is -0.268 e. The summed E-state index contributed by atoms with van der Waals surface area (Å²) in [6.45, 7) is 0. The molecule has 9 heteroatoms. The van der Waals surface area contributed by atoms with E-state index in [1.807, 2.05) is 4.72 Å². The van der Waals surface area contributed by atoms with Gasteiger partial charge in [0.15, 0.2) is 0 Å². The largest absolute Gasteiger partial charge is 0.416 e. The predicted octanol–water partition coefficient (Wildman–Crippen LogP) is 5.14. The summed E-state index contributed by atoms with van der Waals surface area (Å²) in [5.74, 6) is -1.06. The van der Waals surface area contributed by atoms with Crippen LogP contribution in [0.15, 0.2) is 77.7 Å². The van der Waals surface area contributed by atoms with Gasteiger partial charge in [0.25, 0.3) is 15.9 Å². The molecule has 3 rings (SSSR count). The molecule has 0 atom stereocenters. The lowest BCUT2D eigenvalue weighted by Crippen LogP contribution is -2.31. The number of rotatable bonds is 4. The lowest BCUT2D eigenvalue weighted by molar-refractivity contribution is -0.137. The normalized spacial score (nSPS) is 11.9. The highest BCUT2D eigenvalue weighted by Crippen LogP contribution is 2.34. The number of halogens is 4. The van der Waals surface area contributed by atoms with Gasteiger partial charge in [-0.2, -0.15) is 13.2 Å². The molecule has 0 heterocycles. The van der Waals surface area contributed by atoms with Gasteiger partial charge in [-0.1, -0.05) is 48.0 Å². The Labute approximate surface area is 170 Å². The SMILES string of the molecule is O=C(NS(=O)(=O)c1cccc(Cl)c1)c1ccc(C(F)(F)F)cc1-c1ccccc1. The molecule has 0 aromatic heterocycles. The fourth-order valence-corrected chi connectivity index (χ4v) is 3.91. The summed E-state index contributed by atoms with van der Waals surface area (Å²) in [5, 5.41) is 0.153. The topological polar surface area (TPSA) is 63.2 Å². The van der Waals surface area contributed by atoms with Gasteiger partial charge in [-0.05, 0) is 47.5 Å². The van der Waals surface area contributed by atoms with Crippen molar-refractivity contribution in [2.45, 2.75) is 11.1 Å². The first kappa shape index (κ1) is 20.9. The first-order valence-corrected chi connectivity index (χ1v) is 10.0.